The molecule has 0 saturated carbocycles. The van der Waals surface area contributed by atoms with Crippen LogP contribution in [0, 0.1) is 13.8 Å². The molecule has 0 bridgehead atoms. The van der Waals surface area contributed by atoms with Gasteiger partial charge in [0.1, 0.15) is 6.17 Å². The maximum Gasteiger partial charge on any atom is 0.258 e. The number of anilines is 1. The number of carbonyl (C=O) groups excluding carboxylic acids is 1. The highest BCUT2D eigenvalue weighted by Gasteiger charge is 2.34. The minimum absolute atomic E-state index is 0.0169. The number of aromatic nitrogens is 2. The lowest BCUT2D eigenvalue weighted by atomic mass is 10.0. The Balaban J connectivity index is 1.83. The summed E-state index contributed by atoms with van der Waals surface area (Å²) in [7, 11) is 0. The summed E-state index contributed by atoms with van der Waals surface area (Å²) in [4.78, 5) is 19.3. The summed E-state index contributed by atoms with van der Waals surface area (Å²) in [6.07, 6.45) is 3.33. The van der Waals surface area contributed by atoms with E-state index in [1.165, 1.54) is 0 Å². The van der Waals surface area contributed by atoms with Crippen molar-refractivity contribution in [3.63, 3.8) is 0 Å². The first-order chi connectivity index (χ1) is 12.6. The predicted octanol–water partition coefficient (Wildman–Crippen LogP) is 4.30. The molecule has 0 spiro atoms. The number of para-hydroxylation sites is 1. The second-order valence-electron chi connectivity index (χ2n) is 6.32. The molecule has 1 atom stereocenters. The fraction of sp³-hybridized carbons (Fsp3) is 0.200. The zero-order chi connectivity index (χ0) is 18.3. The van der Waals surface area contributed by atoms with Gasteiger partial charge in [0.2, 0.25) is 0 Å². The lowest BCUT2D eigenvalue weighted by molar-refractivity contribution is 0.0707. The molecule has 1 aliphatic rings. The summed E-state index contributed by atoms with van der Waals surface area (Å²) >= 11 is 1.60. The predicted molar refractivity (Wildman–Crippen MR) is 105 cm³/mol. The van der Waals surface area contributed by atoms with Crippen LogP contribution in [0.25, 0.3) is 5.13 Å². The summed E-state index contributed by atoms with van der Waals surface area (Å²) < 4.78 is 2.14. The molecule has 1 aliphatic heterocycles. The molecule has 2 aromatic heterocycles. The minimum atomic E-state index is -0.240. The molecule has 1 amide bonds. The highest BCUT2D eigenvalue weighted by molar-refractivity contribution is 7.12. The van der Waals surface area contributed by atoms with E-state index in [0.29, 0.717) is 12.1 Å². The maximum atomic E-state index is 13.0. The van der Waals surface area contributed by atoms with Crippen LogP contribution in [0.2, 0.25) is 0 Å². The Morgan fingerprint density at radius 2 is 2.15 bits per heavy atom. The van der Waals surface area contributed by atoms with Crippen molar-refractivity contribution in [1.29, 1.82) is 0 Å². The first kappa shape index (κ1) is 16.6. The third-order valence-electron chi connectivity index (χ3n) is 4.72. The van der Waals surface area contributed by atoms with E-state index >= 15 is 0 Å². The summed E-state index contributed by atoms with van der Waals surface area (Å²) in [5.74, 6) is 0.0169. The summed E-state index contributed by atoms with van der Waals surface area (Å²) in [6.45, 7) is 8.44. The smallest absolute Gasteiger partial charge is 0.258 e. The van der Waals surface area contributed by atoms with Crippen molar-refractivity contribution < 1.29 is 4.79 Å². The zero-order valence-corrected chi connectivity index (χ0v) is 15.6. The van der Waals surface area contributed by atoms with Crippen LogP contribution in [0.15, 0.2) is 54.6 Å². The number of carbonyl (C=O) groups is 1. The molecule has 0 aliphatic carbocycles. The Kier molecular flexibility index (Phi) is 4.12. The van der Waals surface area contributed by atoms with Crippen molar-refractivity contribution in [2.24, 2.45) is 0 Å². The van der Waals surface area contributed by atoms with Crippen molar-refractivity contribution in [3.05, 3.63) is 77.1 Å². The number of fused-ring (bicyclic) bond motifs is 1. The number of hydrogen-bond acceptors (Lipinski definition) is 4. The molecule has 0 saturated heterocycles. The van der Waals surface area contributed by atoms with E-state index in [9.17, 15) is 4.79 Å². The van der Waals surface area contributed by atoms with Crippen LogP contribution in [0.5, 0.6) is 0 Å². The fourth-order valence-electron chi connectivity index (χ4n) is 3.55. The Morgan fingerprint density at radius 1 is 1.35 bits per heavy atom. The topological polar surface area (TPSA) is 50.2 Å². The van der Waals surface area contributed by atoms with Crippen molar-refractivity contribution >= 4 is 22.9 Å². The number of nitrogens with zero attached hydrogens (tertiary/aromatic N) is 3. The second kappa shape index (κ2) is 6.46. The summed E-state index contributed by atoms with van der Waals surface area (Å²) in [6, 6.07) is 9.77. The Bertz CT molecular complexity index is 974. The molecule has 3 aromatic rings. The van der Waals surface area contributed by atoms with Gasteiger partial charge in [0.25, 0.3) is 5.91 Å². The highest BCUT2D eigenvalue weighted by Crippen LogP contribution is 2.36. The number of rotatable bonds is 4. The molecular formula is C20H20N4OS. The van der Waals surface area contributed by atoms with Gasteiger partial charge in [-0.3, -0.25) is 9.36 Å². The largest absolute Gasteiger partial charge is 0.361 e. The maximum absolute atomic E-state index is 13.0. The molecule has 26 heavy (non-hydrogen) atoms. The SMILES string of the molecule is C=CCN1C(=O)c2ccccc2N[C@H]1c1cc(C)n(-c2nccs2)c1C. The van der Waals surface area contributed by atoms with Gasteiger partial charge in [0, 0.05) is 40.8 Å². The van der Waals surface area contributed by atoms with Crippen LogP contribution in [-0.2, 0) is 0 Å². The van der Waals surface area contributed by atoms with Crippen molar-refractivity contribution in [1.82, 2.24) is 14.5 Å². The van der Waals surface area contributed by atoms with Gasteiger partial charge in [0.05, 0.1) is 5.56 Å². The highest BCUT2D eigenvalue weighted by atomic mass is 32.1. The number of benzene rings is 1. The first-order valence-electron chi connectivity index (χ1n) is 8.48. The van der Waals surface area contributed by atoms with Gasteiger partial charge in [-0.1, -0.05) is 18.2 Å². The third-order valence-corrected chi connectivity index (χ3v) is 5.48. The lowest BCUT2D eigenvalue weighted by Crippen LogP contribution is -2.43. The van der Waals surface area contributed by atoms with Crippen molar-refractivity contribution in [3.8, 4) is 5.13 Å². The van der Waals surface area contributed by atoms with Crippen LogP contribution >= 0.6 is 11.3 Å². The Labute approximate surface area is 156 Å². The number of amides is 1. The molecule has 3 heterocycles. The molecule has 0 unspecified atom stereocenters. The standard InChI is InChI=1S/C20H20N4OS/c1-4-10-23-18(22-17-8-6-5-7-15(17)19(23)25)16-12-13(2)24(14(16)3)20-21-9-11-26-20/h4-9,11-12,18,22H,1,10H2,2-3H3/t18-/m1/s1. The van der Waals surface area contributed by atoms with Crippen molar-refractivity contribution in [2.45, 2.75) is 20.0 Å². The van der Waals surface area contributed by atoms with Gasteiger partial charge in [-0.25, -0.2) is 4.98 Å². The average molecular weight is 364 g/mol. The van der Waals surface area contributed by atoms with E-state index in [2.05, 4.69) is 41.4 Å². The van der Waals surface area contributed by atoms with Crippen LogP contribution in [0.1, 0.15) is 33.5 Å². The quantitative estimate of drug-likeness (QED) is 0.702. The molecule has 132 valence electrons. The number of nitrogens with one attached hydrogen (secondary N) is 1. The number of aryl methyl sites for hydroxylation is 1. The van der Waals surface area contributed by atoms with Gasteiger partial charge in [-0.15, -0.1) is 17.9 Å². The van der Waals surface area contributed by atoms with E-state index in [4.69, 9.17) is 0 Å². The monoisotopic (exact) mass is 364 g/mol. The summed E-state index contributed by atoms with van der Waals surface area (Å²) in [5.41, 5.74) is 4.80. The van der Waals surface area contributed by atoms with Gasteiger partial charge in [-0.2, -0.15) is 0 Å². The second-order valence-corrected chi connectivity index (χ2v) is 7.19. The van der Waals surface area contributed by atoms with E-state index in [0.717, 1.165) is 27.8 Å². The van der Waals surface area contributed by atoms with Gasteiger partial charge >= 0.3 is 0 Å². The van der Waals surface area contributed by atoms with Crippen LogP contribution < -0.4 is 5.32 Å². The van der Waals surface area contributed by atoms with Crippen LogP contribution in [-0.4, -0.2) is 26.9 Å². The molecule has 5 nitrogen and oxygen atoms in total. The Morgan fingerprint density at radius 3 is 2.88 bits per heavy atom. The van der Waals surface area contributed by atoms with Crippen molar-refractivity contribution in [2.75, 3.05) is 11.9 Å². The molecule has 0 fully saturated rings. The molecule has 6 heteroatoms. The van der Waals surface area contributed by atoms with Crippen LogP contribution in [0.3, 0.4) is 0 Å². The van der Waals surface area contributed by atoms with Gasteiger partial charge in [0.15, 0.2) is 5.13 Å². The first-order valence-corrected chi connectivity index (χ1v) is 9.36. The third kappa shape index (κ3) is 2.54. The summed E-state index contributed by atoms with van der Waals surface area (Å²) in [5, 5.41) is 6.44. The van der Waals surface area contributed by atoms with Gasteiger partial charge < -0.3 is 10.2 Å². The molecule has 4 rings (SSSR count). The Hall–Kier alpha value is -2.86. The van der Waals surface area contributed by atoms with E-state index in [1.807, 2.05) is 34.5 Å². The molecule has 1 N–H and O–H groups in total. The van der Waals surface area contributed by atoms with Gasteiger partial charge in [-0.05, 0) is 32.0 Å². The average Bonchev–Trinajstić information content (AvgIpc) is 3.25. The minimum Gasteiger partial charge on any atom is -0.361 e. The van der Waals surface area contributed by atoms with E-state index in [1.54, 1.807) is 23.6 Å². The van der Waals surface area contributed by atoms with Crippen LogP contribution in [0.4, 0.5) is 5.69 Å². The number of hydrogen-bond donors (Lipinski definition) is 1. The lowest BCUT2D eigenvalue weighted by Gasteiger charge is -2.37. The molecule has 0 radical (unpaired) electrons. The fourth-order valence-corrected chi connectivity index (χ4v) is 4.30. The molecular weight excluding hydrogens is 344 g/mol. The van der Waals surface area contributed by atoms with E-state index < -0.39 is 0 Å². The molecule has 1 aromatic carbocycles. The number of thiazole rings is 1. The zero-order valence-electron chi connectivity index (χ0n) is 14.8. The van der Waals surface area contributed by atoms with E-state index in [-0.39, 0.29) is 12.1 Å². The normalized spacial score (nSPS) is 16.3.